The van der Waals surface area contributed by atoms with E-state index in [4.69, 9.17) is 5.73 Å². The average Bonchev–Trinajstić information content (AvgIpc) is 2.13. The van der Waals surface area contributed by atoms with E-state index in [1.807, 2.05) is 0 Å². The molecule has 0 aromatic rings. The molecule has 0 atom stereocenters. The van der Waals surface area contributed by atoms with Gasteiger partial charge in [-0.3, -0.25) is 4.99 Å². The number of nitrogens with two attached hydrogens (primary N) is 1. The Balaban J connectivity index is 4.61. The number of ether oxygens (including phenoxy) is 1. The Morgan fingerprint density at radius 1 is 1.64 bits per heavy atom. The number of hydrogen-bond acceptors (Lipinski definition) is 4. The third kappa shape index (κ3) is 3.97. The minimum absolute atomic E-state index is 0.153. The molecule has 0 aliphatic carbocycles. The van der Waals surface area contributed by atoms with Crippen LogP contribution < -0.4 is 5.73 Å². The second kappa shape index (κ2) is 6.06. The lowest BCUT2D eigenvalue weighted by molar-refractivity contribution is -0.134. The van der Waals surface area contributed by atoms with Crippen LogP contribution in [0.15, 0.2) is 16.8 Å². The third-order valence-corrected chi connectivity index (χ3v) is 1.28. The molecule has 0 aliphatic rings. The fourth-order valence-electron chi connectivity index (χ4n) is 0.641. The topological polar surface area (TPSA) is 64.7 Å². The van der Waals surface area contributed by atoms with Gasteiger partial charge >= 0.3 is 5.97 Å². The Morgan fingerprint density at radius 2 is 2.21 bits per heavy atom. The van der Waals surface area contributed by atoms with Crippen molar-refractivity contribution in [2.45, 2.75) is 13.3 Å². The smallest absolute Gasteiger partial charge is 0.356 e. The van der Waals surface area contributed by atoms with Gasteiger partial charge in [0.25, 0.3) is 6.43 Å². The van der Waals surface area contributed by atoms with Crippen molar-refractivity contribution >= 4 is 11.7 Å². The highest BCUT2D eigenvalue weighted by molar-refractivity contribution is 6.41. The summed E-state index contributed by atoms with van der Waals surface area (Å²) in [5.74, 6) is -0.765. The second-order valence-corrected chi connectivity index (χ2v) is 2.27. The first-order valence-corrected chi connectivity index (χ1v) is 3.92. The number of aliphatic imine (C=N–C) groups is 1. The van der Waals surface area contributed by atoms with Crippen LogP contribution in [0.5, 0.6) is 0 Å². The van der Waals surface area contributed by atoms with E-state index in [9.17, 15) is 13.6 Å². The first-order chi connectivity index (χ1) is 6.52. The number of halogens is 2. The molecule has 0 unspecified atom stereocenters. The van der Waals surface area contributed by atoms with Gasteiger partial charge in [-0.15, -0.1) is 0 Å². The van der Waals surface area contributed by atoms with Crippen molar-refractivity contribution < 1.29 is 18.3 Å². The van der Waals surface area contributed by atoms with Gasteiger partial charge in [0.15, 0.2) is 0 Å². The summed E-state index contributed by atoms with van der Waals surface area (Å²) in [4.78, 5) is 14.5. The molecular weight excluding hydrogens is 194 g/mol. The van der Waals surface area contributed by atoms with Gasteiger partial charge in [0.2, 0.25) is 0 Å². The Labute approximate surface area is 80.4 Å². The van der Waals surface area contributed by atoms with E-state index in [0.717, 1.165) is 6.08 Å². The molecule has 4 nitrogen and oxygen atoms in total. The minimum atomic E-state index is -2.80. The molecule has 14 heavy (non-hydrogen) atoms. The molecule has 80 valence electrons. The highest BCUT2D eigenvalue weighted by atomic mass is 19.3. The number of hydrogen-bond donors (Lipinski definition) is 1. The minimum Gasteiger partial charge on any atom is -0.461 e. The molecular formula is C8H12F2N2O2. The summed E-state index contributed by atoms with van der Waals surface area (Å²) in [6.45, 7) is 1.76. The molecule has 0 saturated heterocycles. The Bertz CT molecular complexity index is 262. The Morgan fingerprint density at radius 3 is 2.57 bits per heavy atom. The first-order valence-electron chi connectivity index (χ1n) is 3.92. The molecule has 0 rings (SSSR count). The van der Waals surface area contributed by atoms with Crippen molar-refractivity contribution in [3.63, 3.8) is 0 Å². The molecule has 6 heteroatoms. The lowest BCUT2D eigenvalue weighted by atomic mass is 10.3. The number of esters is 1. The lowest BCUT2D eigenvalue weighted by Crippen LogP contribution is -2.19. The van der Waals surface area contributed by atoms with E-state index in [0.29, 0.717) is 0 Å². The molecule has 0 aromatic heterocycles. The summed E-state index contributed by atoms with van der Waals surface area (Å²) in [6.07, 6.45) is -2.00. The van der Waals surface area contributed by atoms with Gasteiger partial charge in [0.1, 0.15) is 5.71 Å². The molecule has 0 spiro atoms. The van der Waals surface area contributed by atoms with Gasteiger partial charge in [0, 0.05) is 7.05 Å². The van der Waals surface area contributed by atoms with Crippen LogP contribution in [0, 0.1) is 0 Å². The quantitative estimate of drug-likeness (QED) is 0.544. The Kier molecular flexibility index (Phi) is 5.43. The van der Waals surface area contributed by atoms with Crippen LogP contribution in [-0.4, -0.2) is 31.8 Å². The summed E-state index contributed by atoms with van der Waals surface area (Å²) in [6, 6.07) is 0. The van der Waals surface area contributed by atoms with Crippen LogP contribution in [0.3, 0.4) is 0 Å². The van der Waals surface area contributed by atoms with Crippen molar-refractivity contribution in [1.29, 1.82) is 0 Å². The number of nitrogens with zero attached hydrogens (tertiary/aromatic N) is 1. The SMILES string of the molecule is CCOC(=O)C(C=C(N)C(F)F)=NC. The van der Waals surface area contributed by atoms with E-state index in [1.54, 1.807) is 6.92 Å². The van der Waals surface area contributed by atoms with E-state index < -0.39 is 18.1 Å². The standard InChI is InChI=1S/C8H12F2N2O2/c1-3-14-8(13)6(12-2)4-5(11)7(9)10/h4,7H,3,11H2,1-2H3. The van der Waals surface area contributed by atoms with Gasteiger partial charge in [0.05, 0.1) is 12.3 Å². The summed E-state index contributed by atoms with van der Waals surface area (Å²) in [7, 11) is 1.29. The molecule has 0 saturated carbocycles. The highest BCUT2D eigenvalue weighted by Crippen LogP contribution is 2.02. The predicted octanol–water partition coefficient (Wildman–Crippen LogP) is 0.728. The molecule has 0 radical (unpaired) electrons. The van der Waals surface area contributed by atoms with E-state index in [-0.39, 0.29) is 12.3 Å². The zero-order valence-corrected chi connectivity index (χ0v) is 7.96. The van der Waals surface area contributed by atoms with E-state index in [1.165, 1.54) is 7.05 Å². The van der Waals surface area contributed by atoms with E-state index >= 15 is 0 Å². The fraction of sp³-hybridized carbons (Fsp3) is 0.500. The maximum atomic E-state index is 12.0. The molecule has 2 N–H and O–H groups in total. The normalized spacial score (nSPS) is 13.2. The number of carbonyl (C=O) groups is 1. The van der Waals surface area contributed by atoms with Crippen molar-refractivity contribution in [2.75, 3.05) is 13.7 Å². The first kappa shape index (κ1) is 12.5. The van der Waals surface area contributed by atoms with Gasteiger partial charge in [-0.2, -0.15) is 0 Å². The molecule has 0 heterocycles. The summed E-state index contributed by atoms with van der Waals surface area (Å²) < 4.78 is 28.5. The van der Waals surface area contributed by atoms with Crippen molar-refractivity contribution in [1.82, 2.24) is 0 Å². The van der Waals surface area contributed by atoms with Gasteiger partial charge < -0.3 is 10.5 Å². The number of alkyl halides is 2. The van der Waals surface area contributed by atoms with E-state index in [2.05, 4.69) is 9.73 Å². The largest absolute Gasteiger partial charge is 0.461 e. The zero-order valence-electron chi connectivity index (χ0n) is 7.96. The second-order valence-electron chi connectivity index (χ2n) is 2.27. The summed E-state index contributed by atoms with van der Waals surface area (Å²) in [5, 5.41) is 0. The highest BCUT2D eigenvalue weighted by Gasteiger charge is 2.13. The fourth-order valence-corrected chi connectivity index (χ4v) is 0.641. The van der Waals surface area contributed by atoms with Gasteiger partial charge in [-0.25, -0.2) is 13.6 Å². The van der Waals surface area contributed by atoms with Crippen LogP contribution in [0.4, 0.5) is 8.78 Å². The lowest BCUT2D eigenvalue weighted by Gasteiger charge is -2.02. The molecule has 0 fully saturated rings. The van der Waals surface area contributed by atoms with Crippen LogP contribution in [0.1, 0.15) is 6.92 Å². The predicted molar refractivity (Wildman–Crippen MR) is 48.3 cm³/mol. The van der Waals surface area contributed by atoms with Crippen LogP contribution in [-0.2, 0) is 9.53 Å². The molecule has 0 bridgehead atoms. The Hall–Kier alpha value is -1.46. The van der Waals surface area contributed by atoms with Crippen molar-refractivity contribution in [2.24, 2.45) is 10.7 Å². The third-order valence-electron chi connectivity index (χ3n) is 1.28. The molecule has 0 amide bonds. The van der Waals surface area contributed by atoms with Crippen molar-refractivity contribution in [3.05, 3.63) is 11.8 Å². The molecule has 0 aromatic carbocycles. The van der Waals surface area contributed by atoms with Crippen molar-refractivity contribution in [3.8, 4) is 0 Å². The van der Waals surface area contributed by atoms with Gasteiger partial charge in [-0.1, -0.05) is 0 Å². The molecule has 0 aliphatic heterocycles. The summed E-state index contributed by atoms with van der Waals surface area (Å²) >= 11 is 0. The maximum absolute atomic E-state index is 12.0. The average molecular weight is 206 g/mol. The monoisotopic (exact) mass is 206 g/mol. The van der Waals surface area contributed by atoms with Gasteiger partial charge in [-0.05, 0) is 13.0 Å². The van der Waals surface area contributed by atoms with Crippen LogP contribution >= 0.6 is 0 Å². The van der Waals surface area contributed by atoms with Crippen LogP contribution in [0.25, 0.3) is 0 Å². The number of rotatable bonds is 4. The number of allylic oxidation sites excluding steroid dienone is 1. The number of carbonyl (C=O) groups excluding carboxylic acids is 1. The maximum Gasteiger partial charge on any atom is 0.356 e. The zero-order chi connectivity index (χ0) is 11.1. The summed E-state index contributed by atoms with van der Waals surface area (Å²) in [5.41, 5.74) is 4.02. The van der Waals surface area contributed by atoms with Crippen LogP contribution in [0.2, 0.25) is 0 Å².